The van der Waals surface area contributed by atoms with Gasteiger partial charge in [0.15, 0.2) is 0 Å². The number of nitrogens with one attached hydrogen (secondary N) is 1. The van der Waals surface area contributed by atoms with Crippen molar-refractivity contribution in [1.82, 2.24) is 5.32 Å². The first-order chi connectivity index (χ1) is 7.44. The van der Waals surface area contributed by atoms with Crippen LogP contribution in [-0.2, 0) is 9.53 Å². The lowest BCUT2D eigenvalue weighted by atomic mass is 9.99. The zero-order chi connectivity index (χ0) is 12.2. The Labute approximate surface area is 97.9 Å². The number of hydrogen-bond donors (Lipinski definition) is 2. The summed E-state index contributed by atoms with van der Waals surface area (Å²) in [7, 11) is 1.65. The fourth-order valence-corrected chi connectivity index (χ4v) is 2.01. The van der Waals surface area contributed by atoms with Gasteiger partial charge in [0.2, 0.25) is 5.91 Å². The SMILES string of the molecule is COC(C)(C)CNC(=O)C[C@@H]1CCC[C@H]1N. The van der Waals surface area contributed by atoms with Crippen LogP contribution < -0.4 is 11.1 Å². The van der Waals surface area contributed by atoms with Crippen molar-refractivity contribution in [2.45, 2.75) is 51.2 Å². The van der Waals surface area contributed by atoms with Crippen LogP contribution >= 0.6 is 0 Å². The molecular weight excluding hydrogens is 204 g/mol. The van der Waals surface area contributed by atoms with Gasteiger partial charge in [-0.15, -0.1) is 0 Å². The first-order valence-corrected chi connectivity index (χ1v) is 6.02. The summed E-state index contributed by atoms with van der Waals surface area (Å²) >= 11 is 0. The van der Waals surface area contributed by atoms with E-state index in [4.69, 9.17) is 10.5 Å². The van der Waals surface area contributed by atoms with Crippen LogP contribution in [0.25, 0.3) is 0 Å². The van der Waals surface area contributed by atoms with Crippen LogP contribution in [0.2, 0.25) is 0 Å². The molecule has 0 heterocycles. The highest BCUT2D eigenvalue weighted by Gasteiger charge is 2.26. The molecule has 94 valence electrons. The summed E-state index contributed by atoms with van der Waals surface area (Å²) in [5.41, 5.74) is 5.63. The van der Waals surface area contributed by atoms with Crippen LogP contribution in [-0.4, -0.2) is 31.2 Å². The first kappa shape index (κ1) is 13.5. The van der Waals surface area contributed by atoms with Gasteiger partial charge < -0.3 is 15.8 Å². The van der Waals surface area contributed by atoms with Crippen LogP contribution in [0, 0.1) is 5.92 Å². The van der Waals surface area contributed by atoms with Crippen molar-refractivity contribution in [1.29, 1.82) is 0 Å². The molecule has 16 heavy (non-hydrogen) atoms. The lowest BCUT2D eigenvalue weighted by molar-refractivity contribution is -0.123. The Morgan fingerprint density at radius 3 is 2.69 bits per heavy atom. The summed E-state index contributed by atoms with van der Waals surface area (Å²) in [5, 5.41) is 2.90. The number of nitrogens with two attached hydrogens (primary N) is 1. The minimum absolute atomic E-state index is 0.0903. The van der Waals surface area contributed by atoms with Gasteiger partial charge in [-0.05, 0) is 32.6 Å². The Morgan fingerprint density at radius 2 is 2.19 bits per heavy atom. The molecule has 0 radical (unpaired) electrons. The molecule has 1 rings (SSSR count). The summed E-state index contributed by atoms with van der Waals surface area (Å²) < 4.78 is 5.24. The Hall–Kier alpha value is -0.610. The van der Waals surface area contributed by atoms with E-state index in [0.29, 0.717) is 18.9 Å². The fourth-order valence-electron chi connectivity index (χ4n) is 2.01. The molecule has 2 atom stereocenters. The minimum Gasteiger partial charge on any atom is -0.377 e. The Kier molecular flexibility index (Phi) is 4.74. The van der Waals surface area contributed by atoms with Gasteiger partial charge in [-0.2, -0.15) is 0 Å². The number of methoxy groups -OCH3 is 1. The van der Waals surface area contributed by atoms with E-state index in [1.54, 1.807) is 7.11 Å². The third kappa shape index (κ3) is 4.10. The molecule has 0 aromatic heterocycles. The molecule has 0 aromatic rings. The van der Waals surface area contributed by atoms with Crippen LogP contribution in [0.3, 0.4) is 0 Å². The molecule has 1 amide bonds. The van der Waals surface area contributed by atoms with Crippen molar-refractivity contribution in [2.75, 3.05) is 13.7 Å². The van der Waals surface area contributed by atoms with Crippen molar-refractivity contribution >= 4 is 5.91 Å². The highest BCUT2D eigenvalue weighted by Crippen LogP contribution is 2.26. The predicted octanol–water partition coefficient (Wildman–Crippen LogP) is 1.05. The van der Waals surface area contributed by atoms with Crippen LogP contribution in [0.1, 0.15) is 39.5 Å². The second-order valence-electron chi connectivity index (χ2n) is 5.30. The lowest BCUT2D eigenvalue weighted by Crippen LogP contribution is -2.41. The summed E-state index contributed by atoms with van der Waals surface area (Å²) in [5.74, 6) is 0.457. The number of carbonyl (C=O) groups excluding carboxylic acids is 1. The van der Waals surface area contributed by atoms with Crippen molar-refractivity contribution in [3.63, 3.8) is 0 Å². The molecule has 0 bridgehead atoms. The van der Waals surface area contributed by atoms with Crippen molar-refractivity contribution < 1.29 is 9.53 Å². The highest BCUT2D eigenvalue weighted by molar-refractivity contribution is 5.76. The third-order valence-electron chi connectivity index (χ3n) is 3.43. The smallest absolute Gasteiger partial charge is 0.220 e. The third-order valence-corrected chi connectivity index (χ3v) is 3.43. The van der Waals surface area contributed by atoms with Crippen molar-refractivity contribution in [2.24, 2.45) is 11.7 Å². The molecule has 4 heteroatoms. The van der Waals surface area contributed by atoms with Crippen LogP contribution in [0.15, 0.2) is 0 Å². The minimum atomic E-state index is -0.298. The van der Waals surface area contributed by atoms with E-state index in [2.05, 4.69) is 5.32 Å². The highest BCUT2D eigenvalue weighted by atomic mass is 16.5. The van der Waals surface area contributed by atoms with Gasteiger partial charge in [-0.3, -0.25) is 4.79 Å². The topological polar surface area (TPSA) is 64.3 Å². The fraction of sp³-hybridized carbons (Fsp3) is 0.917. The van der Waals surface area contributed by atoms with E-state index in [1.165, 1.54) is 0 Å². The van der Waals surface area contributed by atoms with Gasteiger partial charge >= 0.3 is 0 Å². The summed E-state index contributed by atoms with van der Waals surface area (Å²) in [6.45, 7) is 4.45. The second-order valence-corrected chi connectivity index (χ2v) is 5.30. The molecule has 1 saturated carbocycles. The zero-order valence-corrected chi connectivity index (χ0v) is 10.6. The van der Waals surface area contributed by atoms with Gasteiger partial charge in [0, 0.05) is 26.1 Å². The normalized spacial score (nSPS) is 25.8. The summed E-state index contributed by atoms with van der Waals surface area (Å²) in [4.78, 5) is 11.7. The Bertz CT molecular complexity index is 241. The maximum atomic E-state index is 11.7. The largest absolute Gasteiger partial charge is 0.377 e. The molecule has 0 spiro atoms. The van der Waals surface area contributed by atoms with Gasteiger partial charge in [-0.25, -0.2) is 0 Å². The van der Waals surface area contributed by atoms with E-state index < -0.39 is 0 Å². The molecule has 4 nitrogen and oxygen atoms in total. The molecule has 3 N–H and O–H groups in total. The van der Waals surface area contributed by atoms with E-state index in [9.17, 15) is 4.79 Å². The monoisotopic (exact) mass is 228 g/mol. The summed E-state index contributed by atoms with van der Waals surface area (Å²) in [6.07, 6.45) is 3.85. The van der Waals surface area contributed by atoms with Gasteiger partial charge in [0.1, 0.15) is 0 Å². The molecule has 0 aromatic carbocycles. The number of hydrogen-bond acceptors (Lipinski definition) is 3. The standard InChI is InChI=1S/C12H24N2O2/c1-12(2,16-3)8-14-11(15)7-9-5-4-6-10(9)13/h9-10H,4-8,13H2,1-3H3,(H,14,15)/t9-,10+/m0/s1. The van der Waals surface area contributed by atoms with E-state index in [1.807, 2.05) is 13.8 Å². The van der Waals surface area contributed by atoms with Crippen molar-refractivity contribution in [3.8, 4) is 0 Å². The molecule has 1 fully saturated rings. The van der Waals surface area contributed by atoms with Gasteiger partial charge in [-0.1, -0.05) is 6.42 Å². The zero-order valence-electron chi connectivity index (χ0n) is 10.6. The Morgan fingerprint density at radius 1 is 1.50 bits per heavy atom. The molecular formula is C12H24N2O2. The van der Waals surface area contributed by atoms with Gasteiger partial charge in [0.05, 0.1) is 5.60 Å². The van der Waals surface area contributed by atoms with E-state index >= 15 is 0 Å². The number of amides is 1. The number of rotatable bonds is 5. The molecule has 0 unspecified atom stereocenters. The molecule has 1 aliphatic rings. The van der Waals surface area contributed by atoms with Crippen LogP contribution in [0.4, 0.5) is 0 Å². The average molecular weight is 228 g/mol. The lowest BCUT2D eigenvalue weighted by Gasteiger charge is -2.24. The maximum absolute atomic E-state index is 11.7. The molecule has 1 aliphatic carbocycles. The first-order valence-electron chi connectivity index (χ1n) is 6.02. The van der Waals surface area contributed by atoms with Crippen molar-refractivity contribution in [3.05, 3.63) is 0 Å². The van der Waals surface area contributed by atoms with E-state index in [-0.39, 0.29) is 17.6 Å². The van der Waals surface area contributed by atoms with Crippen LogP contribution in [0.5, 0.6) is 0 Å². The number of carbonyl (C=O) groups is 1. The molecule has 0 aliphatic heterocycles. The average Bonchev–Trinajstić information content (AvgIpc) is 2.62. The summed E-state index contributed by atoms with van der Waals surface area (Å²) in [6, 6.07) is 0.209. The van der Waals surface area contributed by atoms with E-state index in [0.717, 1.165) is 19.3 Å². The maximum Gasteiger partial charge on any atom is 0.220 e. The van der Waals surface area contributed by atoms with Gasteiger partial charge in [0.25, 0.3) is 0 Å². The number of ether oxygens (including phenoxy) is 1. The molecule has 0 saturated heterocycles. The predicted molar refractivity (Wildman–Crippen MR) is 64.0 cm³/mol. The Balaban J connectivity index is 2.25. The quantitative estimate of drug-likeness (QED) is 0.739. The second kappa shape index (κ2) is 5.64.